The monoisotopic (exact) mass is 358 g/mol. The first-order valence-corrected chi connectivity index (χ1v) is 9.27. The molecule has 0 aromatic carbocycles. The fourth-order valence-electron chi connectivity index (χ4n) is 3.70. The zero-order valence-corrected chi connectivity index (χ0v) is 15.5. The van der Waals surface area contributed by atoms with Gasteiger partial charge < -0.3 is 10.4 Å². The molecule has 1 saturated carbocycles. The molecule has 1 amide bonds. The zero-order chi connectivity index (χ0) is 18.8. The number of rotatable bonds is 4. The first-order chi connectivity index (χ1) is 12.4. The van der Waals surface area contributed by atoms with Crippen LogP contribution in [0.5, 0.6) is 0 Å². The van der Waals surface area contributed by atoms with E-state index in [0.717, 1.165) is 30.3 Å². The molecule has 2 atom stereocenters. The number of nitrogens with one attached hydrogen (secondary N) is 1. The highest BCUT2D eigenvalue weighted by Crippen LogP contribution is 2.25. The quantitative estimate of drug-likeness (QED) is 0.819. The van der Waals surface area contributed by atoms with Gasteiger partial charge in [-0.3, -0.25) is 9.59 Å². The van der Waals surface area contributed by atoms with Crippen molar-refractivity contribution in [3.63, 3.8) is 0 Å². The Bertz CT molecular complexity index is 828. The smallest absolute Gasteiger partial charge is 0.308 e. The minimum Gasteiger partial charge on any atom is -0.481 e. The number of pyridine rings is 1. The molecular formula is C19H26N4O3. The third kappa shape index (κ3) is 3.57. The van der Waals surface area contributed by atoms with Crippen LogP contribution >= 0.6 is 0 Å². The highest BCUT2D eigenvalue weighted by atomic mass is 16.4. The Labute approximate surface area is 152 Å². The van der Waals surface area contributed by atoms with Crippen LogP contribution in [-0.2, 0) is 4.79 Å². The van der Waals surface area contributed by atoms with Crippen molar-refractivity contribution in [1.82, 2.24) is 20.1 Å². The van der Waals surface area contributed by atoms with Crippen molar-refractivity contribution in [3.8, 4) is 0 Å². The summed E-state index contributed by atoms with van der Waals surface area (Å²) >= 11 is 0. The molecule has 7 nitrogen and oxygen atoms in total. The average molecular weight is 358 g/mol. The molecule has 1 fully saturated rings. The SMILES string of the molecule is Cc1nc2c(cnn2C(C)C)cc1C(=O)N[C@H]1CCCCC[C@H]1C(=O)O. The molecule has 0 radical (unpaired) electrons. The van der Waals surface area contributed by atoms with Crippen LogP contribution in [0.3, 0.4) is 0 Å². The molecular weight excluding hydrogens is 332 g/mol. The third-order valence-corrected chi connectivity index (χ3v) is 5.14. The molecule has 2 aromatic heterocycles. The van der Waals surface area contributed by atoms with Crippen LogP contribution in [0.4, 0.5) is 0 Å². The van der Waals surface area contributed by atoms with Crippen molar-refractivity contribution in [1.29, 1.82) is 0 Å². The number of carboxylic acid groups (broad SMARTS) is 1. The summed E-state index contributed by atoms with van der Waals surface area (Å²) in [7, 11) is 0. The van der Waals surface area contributed by atoms with Crippen LogP contribution in [0.25, 0.3) is 11.0 Å². The maximum Gasteiger partial charge on any atom is 0.308 e. The van der Waals surface area contributed by atoms with E-state index in [4.69, 9.17) is 0 Å². The predicted molar refractivity (Wildman–Crippen MR) is 98.1 cm³/mol. The molecule has 1 aliphatic carbocycles. The van der Waals surface area contributed by atoms with Gasteiger partial charge in [0.05, 0.1) is 23.4 Å². The van der Waals surface area contributed by atoms with Gasteiger partial charge in [0, 0.05) is 17.5 Å². The first kappa shape index (κ1) is 18.4. The van der Waals surface area contributed by atoms with Gasteiger partial charge in [0.25, 0.3) is 5.91 Å². The molecule has 0 saturated heterocycles. The lowest BCUT2D eigenvalue weighted by Crippen LogP contribution is -2.43. The lowest BCUT2D eigenvalue weighted by Gasteiger charge is -2.23. The standard InChI is InChI=1S/C19H26N4O3/c1-11(2)23-17-13(10-20-23)9-15(12(3)21-17)18(24)22-16-8-6-4-5-7-14(16)19(25)26/h9-11,14,16H,4-8H2,1-3H3,(H,22,24)(H,25,26)/t14-,16+/m1/s1. The number of aromatic nitrogens is 3. The van der Waals surface area contributed by atoms with Gasteiger partial charge in [0.2, 0.25) is 0 Å². The number of hydrogen-bond donors (Lipinski definition) is 2. The fourth-order valence-corrected chi connectivity index (χ4v) is 3.70. The second-order valence-corrected chi connectivity index (χ2v) is 7.38. The van der Waals surface area contributed by atoms with E-state index in [2.05, 4.69) is 15.4 Å². The molecule has 7 heteroatoms. The number of fused-ring (bicyclic) bond motifs is 1. The largest absolute Gasteiger partial charge is 0.481 e. The van der Waals surface area contributed by atoms with E-state index in [9.17, 15) is 14.7 Å². The van der Waals surface area contributed by atoms with Gasteiger partial charge >= 0.3 is 5.97 Å². The summed E-state index contributed by atoms with van der Waals surface area (Å²) in [6, 6.07) is 1.64. The van der Waals surface area contributed by atoms with Gasteiger partial charge in [-0.05, 0) is 39.7 Å². The number of carbonyl (C=O) groups excluding carboxylic acids is 1. The van der Waals surface area contributed by atoms with E-state index in [0.29, 0.717) is 24.1 Å². The first-order valence-electron chi connectivity index (χ1n) is 9.27. The molecule has 2 aromatic rings. The van der Waals surface area contributed by atoms with E-state index in [1.165, 1.54) is 0 Å². The van der Waals surface area contributed by atoms with Crippen LogP contribution in [0, 0.1) is 12.8 Å². The van der Waals surface area contributed by atoms with Crippen molar-refractivity contribution in [2.45, 2.75) is 65.0 Å². The maximum atomic E-state index is 12.8. The number of aliphatic carboxylic acids is 1. The van der Waals surface area contributed by atoms with E-state index in [-0.39, 0.29) is 18.0 Å². The maximum absolute atomic E-state index is 12.8. The average Bonchev–Trinajstić information content (AvgIpc) is 2.84. The van der Waals surface area contributed by atoms with E-state index >= 15 is 0 Å². The van der Waals surface area contributed by atoms with Crippen LogP contribution < -0.4 is 5.32 Å². The van der Waals surface area contributed by atoms with Gasteiger partial charge in [-0.15, -0.1) is 0 Å². The highest BCUT2D eigenvalue weighted by molar-refractivity contribution is 5.98. The van der Waals surface area contributed by atoms with Gasteiger partial charge in [0.1, 0.15) is 0 Å². The fraction of sp³-hybridized carbons (Fsp3) is 0.579. The predicted octanol–water partition coefficient (Wildman–Crippen LogP) is 3.08. The third-order valence-electron chi connectivity index (χ3n) is 5.14. The van der Waals surface area contributed by atoms with Crippen LogP contribution in [0.1, 0.15) is 68.0 Å². The number of amides is 1. The molecule has 0 spiro atoms. The summed E-state index contributed by atoms with van der Waals surface area (Å²) in [5.74, 6) is -1.62. The zero-order valence-electron chi connectivity index (χ0n) is 15.5. The summed E-state index contributed by atoms with van der Waals surface area (Å²) in [5.41, 5.74) is 1.86. The normalized spacial score (nSPS) is 20.9. The molecule has 2 N–H and O–H groups in total. The van der Waals surface area contributed by atoms with Crippen LogP contribution in [0.2, 0.25) is 0 Å². The second kappa shape index (κ2) is 7.43. The molecule has 0 unspecified atom stereocenters. The number of carboxylic acids is 1. The van der Waals surface area contributed by atoms with Gasteiger partial charge in [-0.2, -0.15) is 5.10 Å². The van der Waals surface area contributed by atoms with Crippen molar-refractivity contribution >= 4 is 22.9 Å². The van der Waals surface area contributed by atoms with Crippen LogP contribution in [0.15, 0.2) is 12.3 Å². The molecule has 26 heavy (non-hydrogen) atoms. The Morgan fingerprint density at radius 2 is 2.00 bits per heavy atom. The van der Waals surface area contributed by atoms with Crippen molar-refractivity contribution in [2.75, 3.05) is 0 Å². The Kier molecular flexibility index (Phi) is 5.25. The van der Waals surface area contributed by atoms with Crippen molar-refractivity contribution < 1.29 is 14.7 Å². The number of hydrogen-bond acceptors (Lipinski definition) is 4. The van der Waals surface area contributed by atoms with E-state index in [1.54, 1.807) is 19.2 Å². The Hall–Kier alpha value is -2.44. The molecule has 1 aliphatic rings. The van der Waals surface area contributed by atoms with Crippen molar-refractivity contribution in [2.24, 2.45) is 5.92 Å². The number of carbonyl (C=O) groups is 2. The Morgan fingerprint density at radius 1 is 1.27 bits per heavy atom. The lowest BCUT2D eigenvalue weighted by atomic mass is 9.94. The minimum absolute atomic E-state index is 0.182. The number of nitrogens with zero attached hydrogens (tertiary/aromatic N) is 3. The molecule has 0 aliphatic heterocycles. The molecule has 3 rings (SSSR count). The van der Waals surface area contributed by atoms with E-state index < -0.39 is 11.9 Å². The molecule has 140 valence electrons. The molecule has 2 heterocycles. The number of aryl methyl sites for hydroxylation is 1. The summed E-state index contributed by atoms with van der Waals surface area (Å²) in [6.07, 6.45) is 5.86. The van der Waals surface area contributed by atoms with Crippen LogP contribution in [-0.4, -0.2) is 37.8 Å². The Morgan fingerprint density at radius 3 is 2.69 bits per heavy atom. The topological polar surface area (TPSA) is 97.1 Å². The van der Waals surface area contributed by atoms with Gasteiger partial charge in [-0.25, -0.2) is 9.67 Å². The van der Waals surface area contributed by atoms with Crippen molar-refractivity contribution in [3.05, 3.63) is 23.5 Å². The second-order valence-electron chi connectivity index (χ2n) is 7.38. The van der Waals surface area contributed by atoms with Gasteiger partial charge in [-0.1, -0.05) is 19.3 Å². The summed E-state index contributed by atoms with van der Waals surface area (Å²) < 4.78 is 1.83. The molecule has 0 bridgehead atoms. The van der Waals surface area contributed by atoms with Gasteiger partial charge in [0.15, 0.2) is 5.65 Å². The Balaban J connectivity index is 1.87. The highest BCUT2D eigenvalue weighted by Gasteiger charge is 2.31. The minimum atomic E-state index is -0.833. The summed E-state index contributed by atoms with van der Waals surface area (Å²) in [5, 5.41) is 17.6. The summed E-state index contributed by atoms with van der Waals surface area (Å²) in [4.78, 5) is 29.0. The summed E-state index contributed by atoms with van der Waals surface area (Å²) in [6.45, 7) is 5.86. The lowest BCUT2D eigenvalue weighted by molar-refractivity contribution is -0.142. The van der Waals surface area contributed by atoms with E-state index in [1.807, 2.05) is 18.5 Å².